The molecule has 16 nitrogen and oxygen atoms in total. The van der Waals surface area contributed by atoms with Gasteiger partial charge in [0.25, 0.3) is 0 Å². The standard InChI is InChI=1S/C30H55N5O11SSi/c1-20(2)25(34(7)24(37)18-33(6)23(36)17-31-29(42)46-30(3,4)5)28(41)45-19-21(32-47(43,44)15-16-48(8,9)10)26(38)35-14-12-11-13-22(35)27(39)40/h20-22,25,32H,11-19H2,1-10H3,(H,31,42)(H,39,40)/t21-,22+,25+/m1/s1. The summed E-state index contributed by atoms with van der Waals surface area (Å²) in [5, 5.41) is 12.0. The van der Waals surface area contributed by atoms with E-state index in [2.05, 4.69) is 10.0 Å². The van der Waals surface area contributed by atoms with Crippen molar-refractivity contribution >= 4 is 53.9 Å². The Morgan fingerprint density at radius 2 is 1.62 bits per heavy atom. The third-order valence-electron chi connectivity index (χ3n) is 7.47. The first-order valence-electron chi connectivity index (χ1n) is 16.0. The van der Waals surface area contributed by atoms with Gasteiger partial charge in [-0.1, -0.05) is 33.5 Å². The number of carbonyl (C=O) groups excluding carboxylic acids is 5. The Morgan fingerprint density at radius 3 is 2.15 bits per heavy atom. The molecule has 1 saturated heterocycles. The molecule has 1 fully saturated rings. The number of esters is 1. The smallest absolute Gasteiger partial charge is 0.408 e. The first kappa shape index (κ1) is 42.8. The average Bonchev–Trinajstić information content (AvgIpc) is 2.95. The molecule has 1 aliphatic heterocycles. The number of carbonyl (C=O) groups is 6. The van der Waals surface area contributed by atoms with Crippen LogP contribution >= 0.6 is 0 Å². The van der Waals surface area contributed by atoms with E-state index in [-0.39, 0.29) is 18.7 Å². The molecule has 0 aromatic heterocycles. The van der Waals surface area contributed by atoms with Crippen molar-refractivity contribution in [2.45, 2.75) is 103 Å². The summed E-state index contributed by atoms with van der Waals surface area (Å²) in [5.74, 6) is -4.94. The topological polar surface area (TPSA) is 209 Å². The summed E-state index contributed by atoms with van der Waals surface area (Å²) in [7, 11) is -3.12. The number of amides is 4. The van der Waals surface area contributed by atoms with E-state index in [0.29, 0.717) is 18.9 Å². The minimum atomic E-state index is -4.03. The van der Waals surface area contributed by atoms with Gasteiger partial charge in [0.15, 0.2) is 0 Å². The van der Waals surface area contributed by atoms with Gasteiger partial charge in [0.05, 0.1) is 12.3 Å². The second-order valence-electron chi connectivity index (χ2n) is 14.6. The van der Waals surface area contributed by atoms with Gasteiger partial charge < -0.3 is 34.6 Å². The van der Waals surface area contributed by atoms with Crippen molar-refractivity contribution in [2.75, 3.05) is 46.1 Å². The van der Waals surface area contributed by atoms with E-state index in [1.807, 2.05) is 19.6 Å². The number of nitrogens with one attached hydrogen (secondary N) is 2. The number of likely N-dealkylation sites (tertiary alicyclic amines) is 1. The number of ether oxygens (including phenoxy) is 2. The summed E-state index contributed by atoms with van der Waals surface area (Å²) >= 11 is 0. The number of hydrogen-bond donors (Lipinski definition) is 3. The van der Waals surface area contributed by atoms with Crippen molar-refractivity contribution in [1.82, 2.24) is 24.7 Å². The highest BCUT2D eigenvalue weighted by Gasteiger charge is 2.39. The van der Waals surface area contributed by atoms with Crippen molar-refractivity contribution in [3.8, 4) is 0 Å². The highest BCUT2D eigenvalue weighted by molar-refractivity contribution is 7.89. The van der Waals surface area contributed by atoms with Crippen LogP contribution in [0.15, 0.2) is 0 Å². The van der Waals surface area contributed by atoms with Gasteiger partial charge in [-0.3, -0.25) is 14.4 Å². The molecule has 0 aliphatic carbocycles. The van der Waals surface area contributed by atoms with Crippen LogP contribution < -0.4 is 10.0 Å². The van der Waals surface area contributed by atoms with Crippen molar-refractivity contribution < 1.29 is 51.8 Å². The zero-order valence-corrected chi connectivity index (χ0v) is 31.8. The Morgan fingerprint density at radius 1 is 1.02 bits per heavy atom. The molecule has 18 heteroatoms. The van der Waals surface area contributed by atoms with Crippen molar-refractivity contribution in [3.63, 3.8) is 0 Å². The summed E-state index contributed by atoms with van der Waals surface area (Å²) in [6.45, 7) is 12.8. The molecule has 1 aliphatic rings. The molecule has 0 spiro atoms. The number of sulfonamides is 1. The Kier molecular flexibility index (Phi) is 16.0. The van der Waals surface area contributed by atoms with Crippen molar-refractivity contribution in [1.29, 1.82) is 0 Å². The predicted molar refractivity (Wildman–Crippen MR) is 180 cm³/mol. The fraction of sp³-hybridized carbons (Fsp3) is 0.800. The normalized spacial score (nSPS) is 16.8. The number of carboxylic acid groups (broad SMARTS) is 1. The number of carboxylic acids is 1. The lowest BCUT2D eigenvalue weighted by molar-refractivity contribution is -0.160. The average molecular weight is 722 g/mol. The summed E-state index contributed by atoms with van der Waals surface area (Å²) in [6.07, 6.45) is 0.511. The summed E-state index contributed by atoms with van der Waals surface area (Å²) in [6, 6.07) is -3.51. The predicted octanol–water partition coefficient (Wildman–Crippen LogP) is 1.09. The van der Waals surface area contributed by atoms with Gasteiger partial charge >= 0.3 is 18.0 Å². The number of nitrogens with zero attached hydrogens (tertiary/aromatic N) is 3. The van der Waals surface area contributed by atoms with E-state index >= 15 is 0 Å². The highest BCUT2D eigenvalue weighted by Crippen LogP contribution is 2.20. The van der Waals surface area contributed by atoms with Crippen LogP contribution in [0.25, 0.3) is 0 Å². The minimum absolute atomic E-state index is 0.0995. The summed E-state index contributed by atoms with van der Waals surface area (Å²) in [4.78, 5) is 79.7. The molecule has 0 unspecified atom stereocenters. The van der Waals surface area contributed by atoms with Gasteiger partial charge in [-0.05, 0) is 52.0 Å². The van der Waals surface area contributed by atoms with Crippen LogP contribution in [0.1, 0.15) is 53.9 Å². The first-order chi connectivity index (χ1) is 21.8. The van der Waals surface area contributed by atoms with Gasteiger partial charge in [-0.15, -0.1) is 0 Å². The summed E-state index contributed by atoms with van der Waals surface area (Å²) < 4.78 is 39.0. The highest BCUT2D eigenvalue weighted by atomic mass is 32.2. The van der Waals surface area contributed by atoms with E-state index in [4.69, 9.17) is 9.47 Å². The van der Waals surface area contributed by atoms with Crippen LogP contribution in [0.3, 0.4) is 0 Å². The molecular formula is C30H55N5O11SSi. The van der Waals surface area contributed by atoms with Crippen LogP contribution in [0.2, 0.25) is 25.7 Å². The van der Waals surface area contributed by atoms with Gasteiger partial charge in [-0.25, -0.2) is 22.8 Å². The molecule has 3 N–H and O–H groups in total. The van der Waals surface area contributed by atoms with Crippen LogP contribution in [-0.4, -0.2) is 142 Å². The molecule has 0 radical (unpaired) electrons. The van der Waals surface area contributed by atoms with E-state index in [0.717, 1.165) is 14.7 Å². The van der Waals surface area contributed by atoms with Gasteiger partial charge in [0.2, 0.25) is 27.7 Å². The second-order valence-corrected chi connectivity index (χ2v) is 22.1. The third kappa shape index (κ3) is 14.9. The molecule has 1 heterocycles. The zero-order valence-electron chi connectivity index (χ0n) is 30.0. The number of piperidine rings is 1. The molecule has 0 saturated carbocycles. The second kappa shape index (κ2) is 17.9. The number of aliphatic carboxylic acids is 1. The molecule has 0 aromatic rings. The Bertz CT molecular complexity index is 1280. The lowest BCUT2D eigenvalue weighted by Crippen LogP contribution is -2.57. The Labute approximate surface area is 285 Å². The molecule has 1 rings (SSSR count). The van der Waals surface area contributed by atoms with Crippen LogP contribution in [0, 0.1) is 5.92 Å². The number of alkyl carbamates (subject to hydrolysis) is 1. The van der Waals surface area contributed by atoms with E-state index in [1.165, 1.54) is 14.1 Å². The van der Waals surface area contributed by atoms with Crippen molar-refractivity contribution in [2.24, 2.45) is 5.92 Å². The maximum absolute atomic E-state index is 13.6. The maximum Gasteiger partial charge on any atom is 0.408 e. The third-order valence-corrected chi connectivity index (χ3v) is 11.0. The molecular weight excluding hydrogens is 667 g/mol. The molecule has 276 valence electrons. The number of likely N-dealkylation sites (N-methyl/N-ethyl adjacent to an activating group) is 2. The maximum atomic E-state index is 13.6. The minimum Gasteiger partial charge on any atom is -0.480 e. The lowest BCUT2D eigenvalue weighted by atomic mass is 10.0. The molecule has 0 aromatic carbocycles. The molecule has 48 heavy (non-hydrogen) atoms. The van der Waals surface area contributed by atoms with Crippen molar-refractivity contribution in [3.05, 3.63) is 0 Å². The van der Waals surface area contributed by atoms with Crippen LogP contribution in [0.4, 0.5) is 4.79 Å². The van der Waals surface area contributed by atoms with Crippen LogP contribution in [-0.2, 0) is 43.5 Å². The Balaban J connectivity index is 3.08. The monoisotopic (exact) mass is 721 g/mol. The van der Waals surface area contributed by atoms with E-state index in [1.54, 1.807) is 34.6 Å². The largest absolute Gasteiger partial charge is 0.480 e. The quantitative estimate of drug-likeness (QED) is 0.152. The SMILES string of the molecule is CC(C)[C@@H](C(=O)OC[C@@H](NS(=O)(=O)CC[Si](C)(C)C)C(=O)N1CCCC[C@H]1C(=O)O)N(C)C(=O)CN(C)C(=O)CNC(=O)OC(C)(C)C. The van der Waals surface area contributed by atoms with E-state index in [9.17, 15) is 42.3 Å². The Hall–Kier alpha value is -3.25. The number of rotatable bonds is 16. The fourth-order valence-corrected chi connectivity index (χ4v) is 9.05. The molecule has 4 amide bonds. The fourth-order valence-electron chi connectivity index (χ4n) is 4.81. The zero-order chi connectivity index (χ0) is 37.2. The molecule has 0 bridgehead atoms. The lowest BCUT2D eigenvalue weighted by Gasteiger charge is -2.36. The van der Waals surface area contributed by atoms with Crippen LogP contribution in [0.5, 0.6) is 0 Å². The number of hydrogen-bond acceptors (Lipinski definition) is 10. The van der Waals surface area contributed by atoms with E-state index < -0.39 is 103 Å². The van der Waals surface area contributed by atoms with Gasteiger partial charge in [0, 0.05) is 28.7 Å². The van der Waals surface area contributed by atoms with Gasteiger partial charge in [0.1, 0.15) is 36.9 Å². The first-order valence-corrected chi connectivity index (χ1v) is 21.4. The summed E-state index contributed by atoms with van der Waals surface area (Å²) in [5.41, 5.74) is -0.766. The molecule has 3 atom stereocenters. The van der Waals surface area contributed by atoms with Gasteiger partial charge in [-0.2, -0.15) is 4.72 Å².